The summed E-state index contributed by atoms with van der Waals surface area (Å²) in [6.45, 7) is 1.40. The monoisotopic (exact) mass is 446 g/mol. The molecule has 0 aromatic heterocycles. The molecule has 0 bridgehead atoms. The van der Waals surface area contributed by atoms with Crippen molar-refractivity contribution in [1.82, 2.24) is 0 Å². The number of anilines is 2. The second-order valence-electron chi connectivity index (χ2n) is 7.31. The molecule has 0 aliphatic carbocycles. The largest absolute Gasteiger partial charge is 0.507 e. The molecule has 160 valence electrons. The van der Waals surface area contributed by atoms with Crippen LogP contribution in [0, 0.1) is 0 Å². The van der Waals surface area contributed by atoms with E-state index in [2.05, 4.69) is 5.32 Å². The number of hydrogen-bond donors (Lipinski definition) is 2. The Morgan fingerprint density at radius 3 is 2.16 bits per heavy atom. The van der Waals surface area contributed by atoms with Gasteiger partial charge in [0.25, 0.3) is 11.7 Å². The molecule has 0 saturated carbocycles. The summed E-state index contributed by atoms with van der Waals surface area (Å²) in [5, 5.41) is 14.2. The average molecular weight is 447 g/mol. The number of Topliss-reactive ketones (excluding diaryl/α,β-unsaturated/α-hetero) is 1. The fourth-order valence-electron chi connectivity index (χ4n) is 3.72. The minimum atomic E-state index is -0.821. The first-order valence-electron chi connectivity index (χ1n) is 9.86. The molecule has 6 nitrogen and oxygen atoms in total. The minimum Gasteiger partial charge on any atom is -0.507 e. The molecular weight excluding hydrogens is 428 g/mol. The fourth-order valence-corrected chi connectivity index (χ4v) is 3.85. The smallest absolute Gasteiger partial charge is 0.300 e. The SMILES string of the molecule is CC(=O)Nc1ccc(N2C(=O)C(=O)/C(=C(/O)c3ccc(Cl)cc3)[C@@H]2c2ccccc2)cc1. The van der Waals surface area contributed by atoms with Crippen LogP contribution in [0.3, 0.4) is 0 Å². The molecular formula is C25H19ClN2O4. The third-order valence-electron chi connectivity index (χ3n) is 5.14. The van der Waals surface area contributed by atoms with Gasteiger partial charge in [-0.3, -0.25) is 19.3 Å². The van der Waals surface area contributed by atoms with Gasteiger partial charge in [-0.2, -0.15) is 0 Å². The standard InChI is InChI=1S/C25H19ClN2O4/c1-15(29)27-19-11-13-20(14-12-19)28-22(16-5-3-2-4-6-16)21(24(31)25(28)32)23(30)17-7-9-18(26)10-8-17/h2-14,22,30H,1H3,(H,27,29)/b23-21+/t22-/m0/s1. The third-order valence-corrected chi connectivity index (χ3v) is 5.40. The lowest BCUT2D eigenvalue weighted by molar-refractivity contribution is -0.132. The molecule has 7 heteroatoms. The molecule has 4 rings (SSSR count). The van der Waals surface area contributed by atoms with E-state index in [-0.39, 0.29) is 17.2 Å². The highest BCUT2D eigenvalue weighted by Gasteiger charge is 2.46. The van der Waals surface area contributed by atoms with Crippen LogP contribution >= 0.6 is 11.6 Å². The van der Waals surface area contributed by atoms with Crippen LogP contribution in [-0.2, 0) is 14.4 Å². The molecule has 1 heterocycles. The van der Waals surface area contributed by atoms with Crippen molar-refractivity contribution in [3.8, 4) is 0 Å². The van der Waals surface area contributed by atoms with Crippen molar-refractivity contribution in [3.05, 3.63) is 101 Å². The Hall–Kier alpha value is -3.90. The van der Waals surface area contributed by atoms with Crippen LogP contribution < -0.4 is 10.2 Å². The van der Waals surface area contributed by atoms with Crippen molar-refractivity contribution < 1.29 is 19.5 Å². The summed E-state index contributed by atoms with van der Waals surface area (Å²) < 4.78 is 0. The number of nitrogens with zero attached hydrogens (tertiary/aromatic N) is 1. The summed E-state index contributed by atoms with van der Waals surface area (Å²) in [6.07, 6.45) is 0. The molecule has 2 amide bonds. The Labute approximate surface area is 189 Å². The number of aliphatic hydroxyl groups excluding tert-OH is 1. The zero-order valence-corrected chi connectivity index (χ0v) is 17.8. The van der Waals surface area contributed by atoms with Crippen molar-refractivity contribution in [2.24, 2.45) is 0 Å². The third kappa shape index (κ3) is 4.00. The molecule has 32 heavy (non-hydrogen) atoms. The lowest BCUT2D eigenvalue weighted by Gasteiger charge is -2.25. The summed E-state index contributed by atoms with van der Waals surface area (Å²) in [7, 11) is 0. The van der Waals surface area contributed by atoms with Crippen LogP contribution in [0.15, 0.2) is 84.4 Å². The zero-order chi connectivity index (χ0) is 22.8. The number of carbonyl (C=O) groups excluding carboxylic acids is 3. The molecule has 3 aromatic carbocycles. The molecule has 1 aliphatic heterocycles. The van der Waals surface area contributed by atoms with Crippen LogP contribution in [0.5, 0.6) is 0 Å². The predicted molar refractivity (Wildman–Crippen MR) is 123 cm³/mol. The van der Waals surface area contributed by atoms with Crippen LogP contribution in [0.2, 0.25) is 5.02 Å². The predicted octanol–water partition coefficient (Wildman–Crippen LogP) is 4.92. The molecule has 1 saturated heterocycles. The van der Waals surface area contributed by atoms with Gasteiger partial charge in [-0.25, -0.2) is 0 Å². The van der Waals surface area contributed by atoms with E-state index in [0.29, 0.717) is 27.5 Å². The Balaban J connectivity index is 1.85. The van der Waals surface area contributed by atoms with E-state index in [4.69, 9.17) is 11.6 Å². The average Bonchev–Trinajstić information content (AvgIpc) is 3.05. The maximum atomic E-state index is 13.1. The lowest BCUT2D eigenvalue weighted by atomic mass is 9.95. The zero-order valence-electron chi connectivity index (χ0n) is 17.1. The normalized spacial score (nSPS) is 17.4. The van der Waals surface area contributed by atoms with Crippen LogP contribution in [0.1, 0.15) is 24.1 Å². The van der Waals surface area contributed by atoms with Gasteiger partial charge < -0.3 is 10.4 Å². The van der Waals surface area contributed by atoms with Gasteiger partial charge in [-0.1, -0.05) is 41.9 Å². The van der Waals surface area contributed by atoms with Gasteiger partial charge in [0, 0.05) is 28.9 Å². The lowest BCUT2D eigenvalue weighted by Crippen LogP contribution is -2.29. The Morgan fingerprint density at radius 2 is 1.56 bits per heavy atom. The van der Waals surface area contributed by atoms with E-state index in [1.54, 1.807) is 72.8 Å². The van der Waals surface area contributed by atoms with Gasteiger partial charge in [-0.15, -0.1) is 0 Å². The maximum absolute atomic E-state index is 13.1. The van der Waals surface area contributed by atoms with Crippen molar-refractivity contribution in [2.45, 2.75) is 13.0 Å². The van der Waals surface area contributed by atoms with Crippen molar-refractivity contribution in [2.75, 3.05) is 10.2 Å². The van der Waals surface area contributed by atoms with E-state index in [9.17, 15) is 19.5 Å². The number of carbonyl (C=O) groups is 3. The van der Waals surface area contributed by atoms with Crippen molar-refractivity contribution >= 4 is 46.3 Å². The topological polar surface area (TPSA) is 86.7 Å². The fraction of sp³-hybridized carbons (Fsp3) is 0.0800. The van der Waals surface area contributed by atoms with Crippen LogP contribution in [-0.4, -0.2) is 22.7 Å². The minimum absolute atomic E-state index is 0.00513. The van der Waals surface area contributed by atoms with Crippen LogP contribution in [0.4, 0.5) is 11.4 Å². The molecule has 1 fully saturated rings. The highest BCUT2D eigenvalue weighted by molar-refractivity contribution is 6.51. The number of rotatable bonds is 4. The van der Waals surface area contributed by atoms with Crippen LogP contribution in [0.25, 0.3) is 5.76 Å². The number of aliphatic hydroxyl groups is 1. The molecule has 1 aliphatic rings. The Morgan fingerprint density at radius 1 is 0.938 bits per heavy atom. The highest BCUT2D eigenvalue weighted by atomic mass is 35.5. The number of ketones is 1. The molecule has 3 aromatic rings. The number of halogens is 1. The number of nitrogens with one attached hydrogen (secondary N) is 1. The first-order chi connectivity index (χ1) is 15.4. The Kier molecular flexibility index (Phi) is 5.79. The van der Waals surface area contributed by atoms with Gasteiger partial charge in [0.15, 0.2) is 0 Å². The molecule has 1 atom stereocenters. The highest BCUT2D eigenvalue weighted by Crippen LogP contribution is 2.42. The van der Waals surface area contributed by atoms with Gasteiger partial charge >= 0.3 is 0 Å². The van der Waals surface area contributed by atoms with E-state index in [0.717, 1.165) is 0 Å². The first-order valence-corrected chi connectivity index (χ1v) is 10.2. The van der Waals surface area contributed by atoms with Gasteiger partial charge in [0.1, 0.15) is 5.76 Å². The van der Waals surface area contributed by atoms with E-state index >= 15 is 0 Å². The van der Waals surface area contributed by atoms with Crippen molar-refractivity contribution in [1.29, 1.82) is 0 Å². The number of amides is 2. The second-order valence-corrected chi connectivity index (χ2v) is 7.75. The first kappa shape index (κ1) is 21.3. The van der Waals surface area contributed by atoms with E-state index in [1.165, 1.54) is 11.8 Å². The van der Waals surface area contributed by atoms with Crippen molar-refractivity contribution in [3.63, 3.8) is 0 Å². The quantitative estimate of drug-likeness (QED) is 0.338. The van der Waals surface area contributed by atoms with Gasteiger partial charge in [-0.05, 0) is 54.1 Å². The second kappa shape index (κ2) is 8.69. The Bertz CT molecular complexity index is 1220. The van der Waals surface area contributed by atoms with E-state index < -0.39 is 17.7 Å². The summed E-state index contributed by atoms with van der Waals surface area (Å²) in [4.78, 5) is 38.8. The molecule has 0 unspecified atom stereocenters. The summed E-state index contributed by atoms with van der Waals surface area (Å²) >= 11 is 5.95. The summed E-state index contributed by atoms with van der Waals surface area (Å²) in [5.74, 6) is -2.02. The number of benzene rings is 3. The maximum Gasteiger partial charge on any atom is 0.300 e. The number of hydrogen-bond acceptors (Lipinski definition) is 4. The summed E-state index contributed by atoms with van der Waals surface area (Å²) in [5.41, 5.74) is 2.08. The molecule has 0 spiro atoms. The van der Waals surface area contributed by atoms with E-state index in [1.807, 2.05) is 6.07 Å². The van der Waals surface area contributed by atoms with Gasteiger partial charge in [0.2, 0.25) is 5.91 Å². The molecule has 2 N–H and O–H groups in total. The molecule has 0 radical (unpaired) electrons. The van der Waals surface area contributed by atoms with Gasteiger partial charge in [0.05, 0.1) is 11.6 Å². The summed E-state index contributed by atoms with van der Waals surface area (Å²) in [6, 6.07) is 21.2.